The molecule has 0 unspecified atom stereocenters. The molecule has 0 aromatic heterocycles. The number of carboxylic acids is 1. The fourth-order valence-electron chi connectivity index (χ4n) is 12.1. The molecule has 0 bridgehead atoms. The third kappa shape index (κ3) is 4.99. The molecule has 6 rings (SSSR count). The van der Waals surface area contributed by atoms with E-state index in [0.717, 1.165) is 51.4 Å². The Labute approximate surface area is 280 Å². The zero-order valence-corrected chi connectivity index (χ0v) is 29.7. The molecule has 5 aliphatic carbocycles. The molecule has 0 heterocycles. The Balaban J connectivity index is 1.27. The zero-order valence-electron chi connectivity index (χ0n) is 29.7. The molecule has 1 aromatic carbocycles. The average molecular weight is 649 g/mol. The summed E-state index contributed by atoms with van der Waals surface area (Å²) in [6, 6.07) is 4.86. The van der Waals surface area contributed by atoms with E-state index in [1.807, 2.05) is 0 Å². The first-order valence-electron chi connectivity index (χ1n) is 17.7. The van der Waals surface area contributed by atoms with E-state index in [1.165, 1.54) is 24.8 Å². The fourth-order valence-corrected chi connectivity index (χ4v) is 12.1. The minimum absolute atomic E-state index is 0.0260. The Morgan fingerprint density at radius 1 is 0.936 bits per heavy atom. The SMILES string of the molecule is COc1cc(/C=C/C(=O)O[C@H]2[C@H](O)C[C@]3(C)[C@H]4CC=C5[C@@H]6CC(C)(C)CC[C@]6(C(=O)O)CC[C@@]5(C)[C@]4(C)CC[C@H]3C2(C)C)ccc1O. The van der Waals surface area contributed by atoms with Crippen LogP contribution in [0.1, 0.15) is 112 Å². The lowest BCUT2D eigenvalue weighted by molar-refractivity contribution is -0.238. The van der Waals surface area contributed by atoms with E-state index in [1.54, 1.807) is 18.2 Å². The van der Waals surface area contributed by atoms with Gasteiger partial charge in [-0.25, -0.2) is 4.79 Å². The van der Waals surface area contributed by atoms with Crippen LogP contribution in [-0.2, 0) is 14.3 Å². The van der Waals surface area contributed by atoms with Crippen LogP contribution in [-0.4, -0.2) is 46.6 Å². The van der Waals surface area contributed by atoms with Crippen LogP contribution < -0.4 is 4.74 Å². The predicted octanol–water partition coefficient (Wildman–Crippen LogP) is 8.18. The lowest BCUT2D eigenvalue weighted by Gasteiger charge is -2.71. The molecule has 5 aliphatic rings. The molecule has 47 heavy (non-hydrogen) atoms. The molecule has 0 amide bonds. The molecule has 4 fully saturated rings. The van der Waals surface area contributed by atoms with Gasteiger partial charge in [-0.2, -0.15) is 0 Å². The highest BCUT2D eigenvalue weighted by atomic mass is 16.6. The van der Waals surface area contributed by atoms with Crippen LogP contribution in [0.3, 0.4) is 0 Å². The second-order valence-electron chi connectivity index (χ2n) is 17.9. The monoisotopic (exact) mass is 648 g/mol. The summed E-state index contributed by atoms with van der Waals surface area (Å²) >= 11 is 0. The van der Waals surface area contributed by atoms with Crippen LogP contribution >= 0.6 is 0 Å². The van der Waals surface area contributed by atoms with Gasteiger partial charge < -0.3 is 24.8 Å². The Kier molecular flexibility index (Phi) is 8.06. The topological polar surface area (TPSA) is 113 Å². The van der Waals surface area contributed by atoms with E-state index in [0.29, 0.717) is 23.7 Å². The number of phenolic OH excluding ortho intramolecular Hbond substituents is 1. The number of aliphatic hydroxyl groups is 1. The van der Waals surface area contributed by atoms with Gasteiger partial charge in [0.1, 0.15) is 6.10 Å². The van der Waals surface area contributed by atoms with Crippen molar-refractivity contribution in [1.82, 2.24) is 0 Å². The first-order chi connectivity index (χ1) is 21.8. The highest BCUT2D eigenvalue weighted by Crippen LogP contribution is 2.75. The number of esters is 1. The summed E-state index contributed by atoms with van der Waals surface area (Å²) in [7, 11) is 1.48. The molecule has 9 atom stereocenters. The predicted molar refractivity (Wildman–Crippen MR) is 182 cm³/mol. The number of benzene rings is 1. The summed E-state index contributed by atoms with van der Waals surface area (Å²) in [5.41, 5.74) is 0.812. The number of phenols is 1. The van der Waals surface area contributed by atoms with Gasteiger partial charge in [0.2, 0.25) is 0 Å². The first-order valence-corrected chi connectivity index (χ1v) is 17.7. The molecule has 4 saturated carbocycles. The standard InChI is InChI=1S/C40H56O7/c1-35(2)17-19-40(34(44)45)20-18-38(6)25(26(40)22-35)11-13-31-37(5)23-28(42)33(36(3,4)30(37)15-16-39(31,38)7)47-32(43)14-10-24-9-12-27(41)29(21-24)46-8/h9-12,14,21,26,28,30-31,33,41-42H,13,15-20,22-23H2,1-8H3,(H,44,45)/b14-10+/t26-,28+,30-,31+,33-,37-,38+,39+,40-/m0/s1. The smallest absolute Gasteiger partial charge is 0.331 e. The summed E-state index contributed by atoms with van der Waals surface area (Å²) in [5.74, 6) is -0.128. The van der Waals surface area contributed by atoms with Gasteiger partial charge in [0.05, 0.1) is 18.6 Å². The van der Waals surface area contributed by atoms with Crippen LogP contribution in [0.5, 0.6) is 11.5 Å². The van der Waals surface area contributed by atoms with E-state index in [2.05, 4.69) is 54.5 Å². The molecule has 7 nitrogen and oxygen atoms in total. The molecule has 0 aliphatic heterocycles. The lowest BCUT2D eigenvalue weighted by atomic mass is 9.33. The number of aliphatic carboxylic acids is 1. The van der Waals surface area contributed by atoms with Gasteiger partial charge >= 0.3 is 11.9 Å². The Bertz CT molecular complexity index is 1510. The third-order valence-corrected chi connectivity index (χ3v) is 14.8. The van der Waals surface area contributed by atoms with Crippen molar-refractivity contribution in [1.29, 1.82) is 0 Å². The molecule has 3 N–H and O–H groups in total. The van der Waals surface area contributed by atoms with Crippen molar-refractivity contribution < 1.29 is 34.4 Å². The van der Waals surface area contributed by atoms with E-state index in [9.17, 15) is 24.9 Å². The maximum atomic E-state index is 13.1. The fraction of sp³-hybridized carbons (Fsp3) is 0.700. The number of methoxy groups -OCH3 is 1. The van der Waals surface area contributed by atoms with Crippen molar-refractivity contribution in [2.24, 2.45) is 50.2 Å². The molecule has 1 aromatic rings. The molecule has 0 saturated heterocycles. The number of rotatable bonds is 5. The lowest BCUT2D eigenvalue weighted by Crippen LogP contribution is -2.67. The maximum absolute atomic E-state index is 13.1. The van der Waals surface area contributed by atoms with Gasteiger partial charge in [-0.15, -0.1) is 0 Å². The Morgan fingerprint density at radius 3 is 2.32 bits per heavy atom. The first kappa shape index (κ1) is 34.1. The number of ether oxygens (including phenoxy) is 2. The zero-order chi connectivity index (χ0) is 34.4. The highest BCUT2D eigenvalue weighted by molar-refractivity contribution is 5.87. The normalized spacial score (nSPS) is 41.8. The number of fused-ring (bicyclic) bond motifs is 7. The summed E-state index contributed by atoms with van der Waals surface area (Å²) in [4.78, 5) is 26.1. The van der Waals surface area contributed by atoms with E-state index in [4.69, 9.17) is 9.47 Å². The van der Waals surface area contributed by atoms with Gasteiger partial charge in [-0.05, 0) is 121 Å². The third-order valence-electron chi connectivity index (χ3n) is 14.8. The van der Waals surface area contributed by atoms with Gasteiger partial charge in [0.15, 0.2) is 11.5 Å². The van der Waals surface area contributed by atoms with Crippen LogP contribution in [0, 0.1) is 50.2 Å². The molecular weight excluding hydrogens is 592 g/mol. The van der Waals surface area contributed by atoms with Crippen molar-refractivity contribution in [2.45, 2.75) is 118 Å². The summed E-state index contributed by atoms with van der Waals surface area (Å²) in [6.45, 7) is 16.2. The number of carbonyl (C=O) groups is 2. The average Bonchev–Trinajstić information content (AvgIpc) is 2.98. The van der Waals surface area contributed by atoms with Crippen molar-refractivity contribution in [3.63, 3.8) is 0 Å². The Morgan fingerprint density at radius 2 is 1.64 bits per heavy atom. The quantitative estimate of drug-likeness (QED) is 0.168. The van der Waals surface area contributed by atoms with Crippen LogP contribution in [0.25, 0.3) is 6.08 Å². The molecule has 0 radical (unpaired) electrons. The van der Waals surface area contributed by atoms with Gasteiger partial charge in [-0.3, -0.25) is 4.79 Å². The van der Waals surface area contributed by atoms with Gasteiger partial charge in [0.25, 0.3) is 0 Å². The minimum Gasteiger partial charge on any atom is -0.504 e. The number of aliphatic hydroxyl groups excluding tert-OH is 1. The van der Waals surface area contributed by atoms with E-state index in [-0.39, 0.29) is 39.2 Å². The van der Waals surface area contributed by atoms with Gasteiger partial charge in [0, 0.05) is 11.5 Å². The molecule has 0 spiro atoms. The van der Waals surface area contributed by atoms with Crippen LogP contribution in [0.4, 0.5) is 0 Å². The van der Waals surface area contributed by atoms with Crippen molar-refractivity contribution in [3.05, 3.63) is 41.5 Å². The number of allylic oxidation sites excluding steroid dienone is 2. The second-order valence-corrected chi connectivity index (χ2v) is 17.9. The van der Waals surface area contributed by atoms with Crippen LogP contribution in [0.2, 0.25) is 0 Å². The number of hydrogen-bond acceptors (Lipinski definition) is 6. The van der Waals surface area contributed by atoms with Crippen LogP contribution in [0.15, 0.2) is 35.9 Å². The maximum Gasteiger partial charge on any atom is 0.331 e. The number of aromatic hydroxyl groups is 1. The van der Waals surface area contributed by atoms with Crippen molar-refractivity contribution >= 4 is 18.0 Å². The minimum atomic E-state index is -0.803. The second kappa shape index (κ2) is 11.1. The number of hydrogen-bond donors (Lipinski definition) is 3. The molecule has 7 heteroatoms. The highest BCUT2D eigenvalue weighted by Gasteiger charge is 2.70. The summed E-state index contributed by atoms with van der Waals surface area (Å²) in [6.07, 6.45) is 11.7. The van der Waals surface area contributed by atoms with E-state index >= 15 is 0 Å². The van der Waals surface area contributed by atoms with Gasteiger partial charge in [-0.1, -0.05) is 66.2 Å². The number of carbonyl (C=O) groups excluding carboxylic acids is 1. The van der Waals surface area contributed by atoms with E-state index < -0.39 is 35.0 Å². The summed E-state index contributed by atoms with van der Waals surface area (Å²) < 4.78 is 11.3. The number of carboxylic acid groups (broad SMARTS) is 1. The molecule has 258 valence electrons. The molecular formula is C40H56O7. The summed E-state index contributed by atoms with van der Waals surface area (Å²) in [5, 5.41) is 32.3. The Hall–Kier alpha value is -2.80. The van der Waals surface area contributed by atoms with Crippen molar-refractivity contribution in [3.8, 4) is 11.5 Å². The van der Waals surface area contributed by atoms with Crippen molar-refractivity contribution in [2.75, 3.05) is 7.11 Å². The largest absolute Gasteiger partial charge is 0.504 e.